The van der Waals surface area contributed by atoms with Gasteiger partial charge in [0.15, 0.2) is 11.7 Å². The number of benzene rings is 1. The van der Waals surface area contributed by atoms with E-state index in [9.17, 15) is 8.78 Å². The standard InChI is InChI=1S/C20H14F2N6/c1-12-20(13-2-5-15(21)6-3-13,14-4-7-17(22)25-11-14)28-19(26-12)18-24-9-8-16(10-23)27-18/h2-9,11-12H,1H3,(H,26,28)/t12-,20-/m0/s1. The smallest absolute Gasteiger partial charge is 0.212 e. The topological polar surface area (TPSA) is 86.8 Å². The molecular formula is C20H14F2N6. The Morgan fingerprint density at radius 2 is 1.79 bits per heavy atom. The quantitative estimate of drug-likeness (QED) is 0.710. The van der Waals surface area contributed by atoms with Gasteiger partial charge in [0.1, 0.15) is 23.1 Å². The first-order valence-electron chi connectivity index (χ1n) is 8.50. The molecule has 138 valence electrons. The number of rotatable bonds is 3. The van der Waals surface area contributed by atoms with Gasteiger partial charge < -0.3 is 5.32 Å². The van der Waals surface area contributed by atoms with Crippen LogP contribution in [0.1, 0.15) is 29.6 Å². The number of aromatic nitrogens is 3. The zero-order valence-corrected chi connectivity index (χ0v) is 14.8. The Labute approximate surface area is 159 Å². The summed E-state index contributed by atoms with van der Waals surface area (Å²) in [4.78, 5) is 16.8. The maximum atomic E-state index is 13.5. The minimum Gasteiger partial charge on any atom is -0.352 e. The van der Waals surface area contributed by atoms with Crippen LogP contribution in [0.4, 0.5) is 8.78 Å². The van der Waals surface area contributed by atoms with E-state index >= 15 is 0 Å². The summed E-state index contributed by atoms with van der Waals surface area (Å²) in [6.45, 7) is 1.88. The van der Waals surface area contributed by atoms with Crippen molar-refractivity contribution in [3.63, 3.8) is 0 Å². The summed E-state index contributed by atoms with van der Waals surface area (Å²) in [5.41, 5.74) is 0.675. The highest BCUT2D eigenvalue weighted by molar-refractivity contribution is 5.98. The highest BCUT2D eigenvalue weighted by atomic mass is 19.1. The molecule has 0 bridgehead atoms. The van der Waals surface area contributed by atoms with E-state index in [1.165, 1.54) is 36.7 Å². The first-order valence-corrected chi connectivity index (χ1v) is 8.50. The normalized spacial score (nSPS) is 20.9. The summed E-state index contributed by atoms with van der Waals surface area (Å²) in [5, 5.41) is 12.4. The molecule has 3 aromatic rings. The highest BCUT2D eigenvalue weighted by Gasteiger charge is 2.46. The van der Waals surface area contributed by atoms with Gasteiger partial charge in [0.2, 0.25) is 5.95 Å². The van der Waals surface area contributed by atoms with E-state index in [4.69, 9.17) is 5.26 Å². The number of amidine groups is 1. The molecule has 2 aromatic heterocycles. The molecule has 0 amide bonds. The Balaban J connectivity index is 1.84. The van der Waals surface area contributed by atoms with Crippen LogP contribution in [-0.2, 0) is 5.54 Å². The van der Waals surface area contributed by atoms with Crippen LogP contribution in [0.3, 0.4) is 0 Å². The van der Waals surface area contributed by atoms with Crippen LogP contribution in [0.25, 0.3) is 0 Å². The van der Waals surface area contributed by atoms with E-state index < -0.39 is 11.5 Å². The molecule has 0 aliphatic carbocycles. The number of nitrogens with zero attached hydrogens (tertiary/aromatic N) is 5. The van der Waals surface area contributed by atoms with Crippen LogP contribution in [0, 0.1) is 23.1 Å². The van der Waals surface area contributed by atoms with Crippen LogP contribution in [0.15, 0.2) is 59.9 Å². The maximum Gasteiger partial charge on any atom is 0.212 e. The highest BCUT2D eigenvalue weighted by Crippen LogP contribution is 2.38. The second-order valence-electron chi connectivity index (χ2n) is 6.34. The SMILES string of the molecule is C[C@@H]1N=C(c2nccc(C#N)n2)N[C@@]1(c1ccc(F)cc1)c1ccc(F)nc1. The lowest BCUT2D eigenvalue weighted by molar-refractivity contribution is 0.430. The molecule has 28 heavy (non-hydrogen) atoms. The molecule has 3 heterocycles. The van der Waals surface area contributed by atoms with Crippen molar-refractivity contribution in [3.8, 4) is 6.07 Å². The minimum atomic E-state index is -0.921. The summed E-state index contributed by atoms with van der Waals surface area (Å²) < 4.78 is 26.9. The van der Waals surface area contributed by atoms with Gasteiger partial charge in [-0.25, -0.2) is 19.3 Å². The van der Waals surface area contributed by atoms with Gasteiger partial charge in [-0.3, -0.25) is 4.99 Å². The van der Waals surface area contributed by atoms with Gasteiger partial charge in [-0.1, -0.05) is 18.2 Å². The van der Waals surface area contributed by atoms with E-state index in [0.29, 0.717) is 11.4 Å². The average molecular weight is 376 g/mol. The molecule has 0 unspecified atom stereocenters. The summed E-state index contributed by atoms with van der Waals surface area (Å²) in [6, 6.07) is 12.0. The Kier molecular flexibility index (Phi) is 4.28. The van der Waals surface area contributed by atoms with Gasteiger partial charge >= 0.3 is 0 Å². The number of hydrogen-bond donors (Lipinski definition) is 1. The van der Waals surface area contributed by atoms with Crippen LogP contribution >= 0.6 is 0 Å². The zero-order valence-electron chi connectivity index (χ0n) is 14.8. The molecule has 0 fully saturated rings. The van der Waals surface area contributed by atoms with Crippen molar-refractivity contribution >= 4 is 5.84 Å². The van der Waals surface area contributed by atoms with E-state index in [0.717, 1.165) is 5.56 Å². The van der Waals surface area contributed by atoms with Crippen molar-refractivity contribution in [2.45, 2.75) is 18.5 Å². The van der Waals surface area contributed by atoms with Crippen LogP contribution < -0.4 is 5.32 Å². The molecule has 0 saturated carbocycles. The lowest BCUT2D eigenvalue weighted by Gasteiger charge is -2.34. The number of nitriles is 1. The second-order valence-corrected chi connectivity index (χ2v) is 6.34. The lowest BCUT2D eigenvalue weighted by Crippen LogP contribution is -2.48. The Morgan fingerprint density at radius 1 is 1.04 bits per heavy atom. The molecule has 8 heteroatoms. The average Bonchev–Trinajstić information content (AvgIpc) is 3.07. The maximum absolute atomic E-state index is 13.5. The summed E-state index contributed by atoms with van der Waals surface area (Å²) in [5.74, 6) is -0.314. The van der Waals surface area contributed by atoms with Gasteiger partial charge in [-0.05, 0) is 36.8 Å². The third-order valence-corrected chi connectivity index (χ3v) is 4.73. The third kappa shape index (κ3) is 2.87. The molecule has 1 aromatic carbocycles. The largest absolute Gasteiger partial charge is 0.352 e. The van der Waals surface area contributed by atoms with Gasteiger partial charge in [-0.15, -0.1) is 0 Å². The molecule has 6 nitrogen and oxygen atoms in total. The van der Waals surface area contributed by atoms with Crippen molar-refractivity contribution in [3.05, 3.63) is 89.3 Å². The fourth-order valence-electron chi connectivity index (χ4n) is 3.38. The molecule has 0 radical (unpaired) electrons. The van der Waals surface area contributed by atoms with Gasteiger partial charge in [0, 0.05) is 18.0 Å². The minimum absolute atomic E-state index is 0.213. The van der Waals surface area contributed by atoms with Crippen molar-refractivity contribution in [1.29, 1.82) is 5.26 Å². The van der Waals surface area contributed by atoms with E-state index in [1.807, 2.05) is 13.0 Å². The zero-order chi connectivity index (χ0) is 19.7. The Hall–Kier alpha value is -3.73. The molecule has 1 aliphatic rings. The van der Waals surface area contributed by atoms with Crippen LogP contribution in [0.5, 0.6) is 0 Å². The fourth-order valence-corrected chi connectivity index (χ4v) is 3.38. The molecule has 0 spiro atoms. The summed E-state index contributed by atoms with van der Waals surface area (Å²) in [7, 11) is 0. The monoisotopic (exact) mass is 376 g/mol. The summed E-state index contributed by atoms with van der Waals surface area (Å²) in [6.07, 6.45) is 2.90. The van der Waals surface area contributed by atoms with E-state index in [1.54, 1.807) is 18.2 Å². The van der Waals surface area contributed by atoms with Crippen molar-refractivity contribution in [2.24, 2.45) is 4.99 Å². The summed E-state index contributed by atoms with van der Waals surface area (Å²) >= 11 is 0. The number of halogens is 2. The number of aliphatic imine (C=N–C) groups is 1. The third-order valence-electron chi connectivity index (χ3n) is 4.73. The predicted octanol–water partition coefficient (Wildman–Crippen LogP) is 2.70. The molecule has 0 saturated heterocycles. The molecule has 1 aliphatic heterocycles. The van der Waals surface area contributed by atoms with E-state index in [2.05, 4.69) is 25.3 Å². The predicted molar refractivity (Wildman–Crippen MR) is 97.3 cm³/mol. The lowest BCUT2D eigenvalue weighted by atomic mass is 9.79. The van der Waals surface area contributed by atoms with Crippen molar-refractivity contribution in [2.75, 3.05) is 0 Å². The fraction of sp³-hybridized carbons (Fsp3) is 0.150. The van der Waals surface area contributed by atoms with Crippen LogP contribution in [0.2, 0.25) is 0 Å². The van der Waals surface area contributed by atoms with Gasteiger partial charge in [0.25, 0.3) is 0 Å². The molecule has 4 rings (SSSR count). The van der Waals surface area contributed by atoms with E-state index in [-0.39, 0.29) is 23.4 Å². The molecular weight excluding hydrogens is 362 g/mol. The first kappa shape index (κ1) is 17.7. The number of hydrogen-bond acceptors (Lipinski definition) is 6. The van der Waals surface area contributed by atoms with Crippen molar-refractivity contribution < 1.29 is 8.78 Å². The number of pyridine rings is 1. The molecule has 1 N–H and O–H groups in total. The Bertz CT molecular complexity index is 1040. The van der Waals surface area contributed by atoms with Gasteiger partial charge in [0.05, 0.1) is 6.04 Å². The van der Waals surface area contributed by atoms with Crippen LogP contribution in [-0.4, -0.2) is 26.8 Å². The van der Waals surface area contributed by atoms with Crippen molar-refractivity contribution in [1.82, 2.24) is 20.3 Å². The van der Waals surface area contributed by atoms with Gasteiger partial charge in [-0.2, -0.15) is 9.65 Å². The molecule has 2 atom stereocenters. The number of nitrogens with one attached hydrogen (secondary N) is 1. The first-order chi connectivity index (χ1) is 13.5. The second kappa shape index (κ2) is 6.78. The Morgan fingerprint density at radius 3 is 2.46 bits per heavy atom.